The number of carbonyl (C=O) groups excluding carboxylic acids is 1. The summed E-state index contributed by atoms with van der Waals surface area (Å²) in [4.78, 5) is 19.1. The van der Waals surface area contributed by atoms with Crippen LogP contribution in [0.25, 0.3) is 16.2 Å². The van der Waals surface area contributed by atoms with Crippen LogP contribution in [0.1, 0.15) is 6.42 Å². The number of benzene rings is 2. The molecule has 0 aliphatic carbocycles. The van der Waals surface area contributed by atoms with Crippen molar-refractivity contribution in [1.29, 1.82) is 0 Å². The van der Waals surface area contributed by atoms with Crippen LogP contribution >= 0.6 is 23.1 Å². The quantitative estimate of drug-likeness (QED) is 0.469. The second-order valence-corrected chi connectivity index (χ2v) is 7.77. The summed E-state index contributed by atoms with van der Waals surface area (Å²) in [6.07, 6.45) is 4.44. The number of nitrogens with one attached hydrogen (secondary N) is 1. The van der Waals surface area contributed by atoms with Crippen LogP contribution in [0.4, 0.5) is 5.69 Å². The van der Waals surface area contributed by atoms with E-state index in [1.54, 1.807) is 23.1 Å². The SMILES string of the molecule is O=C(CCSc1ccccc1)Nc1ccccc1-c1cn2ccsc2n1. The number of hydrogen-bond acceptors (Lipinski definition) is 4. The Kier molecular flexibility index (Phi) is 5.04. The molecule has 0 fully saturated rings. The highest BCUT2D eigenvalue weighted by Gasteiger charge is 2.12. The van der Waals surface area contributed by atoms with E-state index in [4.69, 9.17) is 0 Å². The van der Waals surface area contributed by atoms with Crippen LogP contribution in [0, 0.1) is 0 Å². The summed E-state index contributed by atoms with van der Waals surface area (Å²) in [7, 11) is 0. The maximum Gasteiger partial charge on any atom is 0.225 e. The number of aromatic nitrogens is 2. The van der Waals surface area contributed by atoms with Gasteiger partial charge < -0.3 is 5.32 Å². The summed E-state index contributed by atoms with van der Waals surface area (Å²) in [6, 6.07) is 17.9. The van der Waals surface area contributed by atoms with Gasteiger partial charge in [0.2, 0.25) is 5.91 Å². The molecular weight excluding hydrogens is 362 g/mol. The van der Waals surface area contributed by atoms with Crippen molar-refractivity contribution in [2.45, 2.75) is 11.3 Å². The standard InChI is InChI=1S/C20H17N3OS2/c24-19(10-12-25-15-6-2-1-3-7-15)21-17-9-5-4-8-16(17)18-14-23-11-13-26-20(23)22-18/h1-9,11,13-14H,10,12H2,(H,21,24). The zero-order chi connectivity index (χ0) is 17.8. The molecule has 130 valence electrons. The molecule has 26 heavy (non-hydrogen) atoms. The molecule has 4 rings (SSSR count). The third-order valence-corrected chi connectivity index (χ3v) is 5.70. The first-order valence-corrected chi connectivity index (χ1v) is 10.2. The van der Waals surface area contributed by atoms with Crippen molar-refractivity contribution >= 4 is 39.7 Å². The lowest BCUT2D eigenvalue weighted by atomic mass is 10.1. The summed E-state index contributed by atoms with van der Waals surface area (Å²) in [5.74, 6) is 0.764. The third kappa shape index (κ3) is 3.81. The fourth-order valence-corrected chi connectivity index (χ4v) is 4.24. The minimum Gasteiger partial charge on any atom is -0.325 e. The zero-order valence-corrected chi connectivity index (χ0v) is 15.6. The Bertz CT molecular complexity index is 995. The van der Waals surface area contributed by atoms with E-state index < -0.39 is 0 Å². The number of carbonyl (C=O) groups is 1. The number of hydrogen-bond donors (Lipinski definition) is 1. The van der Waals surface area contributed by atoms with Gasteiger partial charge in [0.05, 0.1) is 11.4 Å². The highest BCUT2D eigenvalue weighted by atomic mass is 32.2. The maximum absolute atomic E-state index is 12.4. The van der Waals surface area contributed by atoms with Gasteiger partial charge in [-0.3, -0.25) is 9.20 Å². The maximum atomic E-state index is 12.4. The molecule has 0 unspecified atom stereocenters. The van der Waals surface area contributed by atoms with Gasteiger partial charge in [0.15, 0.2) is 4.96 Å². The summed E-state index contributed by atoms with van der Waals surface area (Å²) < 4.78 is 2.00. The Morgan fingerprint density at radius 2 is 1.92 bits per heavy atom. The molecular formula is C20H17N3OS2. The molecule has 0 saturated heterocycles. The Hall–Kier alpha value is -2.57. The molecule has 0 aliphatic heterocycles. The fourth-order valence-electron chi connectivity index (χ4n) is 2.66. The number of para-hydroxylation sites is 1. The zero-order valence-electron chi connectivity index (χ0n) is 14.0. The van der Waals surface area contributed by atoms with Crippen molar-refractivity contribution in [3.63, 3.8) is 0 Å². The smallest absolute Gasteiger partial charge is 0.225 e. The largest absolute Gasteiger partial charge is 0.325 e. The van der Waals surface area contributed by atoms with Crippen LogP contribution < -0.4 is 5.32 Å². The van der Waals surface area contributed by atoms with Gasteiger partial charge in [-0.25, -0.2) is 4.98 Å². The van der Waals surface area contributed by atoms with E-state index in [1.807, 2.05) is 64.6 Å². The van der Waals surface area contributed by atoms with Gasteiger partial charge in [0, 0.05) is 40.4 Å². The van der Waals surface area contributed by atoms with Gasteiger partial charge >= 0.3 is 0 Å². The molecule has 1 amide bonds. The number of fused-ring (bicyclic) bond motifs is 1. The molecule has 4 aromatic rings. The summed E-state index contributed by atoms with van der Waals surface area (Å²) in [6.45, 7) is 0. The second-order valence-electron chi connectivity index (χ2n) is 5.72. The number of thioether (sulfide) groups is 1. The minimum atomic E-state index is 0.0157. The third-order valence-electron chi connectivity index (χ3n) is 3.91. The topological polar surface area (TPSA) is 46.4 Å². The van der Waals surface area contributed by atoms with Crippen molar-refractivity contribution in [2.75, 3.05) is 11.1 Å². The monoisotopic (exact) mass is 379 g/mol. The van der Waals surface area contributed by atoms with Gasteiger partial charge in [-0.1, -0.05) is 36.4 Å². The Balaban J connectivity index is 1.43. The summed E-state index contributed by atoms with van der Waals surface area (Å²) in [5, 5.41) is 5.04. The first-order chi connectivity index (χ1) is 12.8. The fraction of sp³-hybridized carbons (Fsp3) is 0.100. The summed E-state index contributed by atoms with van der Waals surface area (Å²) >= 11 is 3.28. The first kappa shape index (κ1) is 16.9. The van der Waals surface area contributed by atoms with Crippen LogP contribution in [-0.4, -0.2) is 21.0 Å². The number of imidazole rings is 1. The second kappa shape index (κ2) is 7.76. The first-order valence-electron chi connectivity index (χ1n) is 8.29. The van der Waals surface area contributed by atoms with Crippen molar-refractivity contribution in [1.82, 2.24) is 9.38 Å². The average molecular weight is 380 g/mol. The van der Waals surface area contributed by atoms with Crippen LogP contribution in [0.15, 0.2) is 77.3 Å². The van der Waals surface area contributed by atoms with Crippen molar-refractivity contribution in [3.8, 4) is 11.3 Å². The number of nitrogens with zero attached hydrogens (tertiary/aromatic N) is 2. The normalized spacial score (nSPS) is 10.9. The van der Waals surface area contributed by atoms with Gasteiger partial charge in [0.25, 0.3) is 0 Å². The van der Waals surface area contributed by atoms with Gasteiger partial charge in [-0.2, -0.15) is 0 Å². The van der Waals surface area contributed by atoms with Crippen LogP contribution in [0.2, 0.25) is 0 Å². The van der Waals surface area contributed by atoms with Crippen molar-refractivity contribution < 1.29 is 4.79 Å². The Labute approximate surface area is 159 Å². The van der Waals surface area contributed by atoms with Gasteiger partial charge in [-0.05, 0) is 18.2 Å². The van der Waals surface area contributed by atoms with E-state index in [2.05, 4.69) is 22.4 Å². The van der Waals surface area contributed by atoms with Crippen LogP contribution in [0.5, 0.6) is 0 Å². The molecule has 0 atom stereocenters. The van der Waals surface area contributed by atoms with Crippen molar-refractivity contribution in [3.05, 3.63) is 72.4 Å². The van der Waals surface area contributed by atoms with Crippen molar-refractivity contribution in [2.24, 2.45) is 0 Å². The number of thiazole rings is 1. The van der Waals surface area contributed by atoms with E-state index in [9.17, 15) is 4.79 Å². The summed E-state index contributed by atoms with van der Waals surface area (Å²) in [5.41, 5.74) is 2.60. The molecule has 0 saturated carbocycles. The molecule has 0 spiro atoms. The molecule has 0 aliphatic rings. The van der Waals surface area contributed by atoms with E-state index in [0.29, 0.717) is 6.42 Å². The number of rotatable bonds is 6. The highest BCUT2D eigenvalue weighted by molar-refractivity contribution is 7.99. The lowest BCUT2D eigenvalue weighted by molar-refractivity contribution is -0.115. The average Bonchev–Trinajstić information content (AvgIpc) is 3.25. The molecule has 2 aromatic carbocycles. The lowest BCUT2D eigenvalue weighted by Gasteiger charge is -2.09. The molecule has 4 nitrogen and oxygen atoms in total. The van der Waals surface area contributed by atoms with Gasteiger partial charge in [0.1, 0.15) is 0 Å². The predicted octanol–water partition coefficient (Wildman–Crippen LogP) is 5.18. The van der Waals surface area contributed by atoms with Gasteiger partial charge in [-0.15, -0.1) is 23.1 Å². The Morgan fingerprint density at radius 3 is 2.77 bits per heavy atom. The van der Waals surface area contributed by atoms with E-state index in [-0.39, 0.29) is 5.91 Å². The van der Waals surface area contributed by atoms with Crippen LogP contribution in [-0.2, 0) is 4.79 Å². The molecule has 2 aromatic heterocycles. The molecule has 0 radical (unpaired) electrons. The lowest BCUT2D eigenvalue weighted by Crippen LogP contribution is -2.12. The number of amides is 1. The van der Waals surface area contributed by atoms with E-state index in [0.717, 1.165) is 27.7 Å². The van der Waals surface area contributed by atoms with E-state index in [1.165, 1.54) is 4.90 Å². The Morgan fingerprint density at radius 1 is 1.12 bits per heavy atom. The minimum absolute atomic E-state index is 0.0157. The highest BCUT2D eigenvalue weighted by Crippen LogP contribution is 2.28. The molecule has 2 heterocycles. The predicted molar refractivity (Wildman–Crippen MR) is 109 cm³/mol. The van der Waals surface area contributed by atoms with Crippen LogP contribution in [0.3, 0.4) is 0 Å². The number of anilines is 1. The molecule has 1 N–H and O–H groups in total. The van der Waals surface area contributed by atoms with E-state index >= 15 is 0 Å². The molecule has 0 bridgehead atoms. The molecule has 6 heteroatoms.